The van der Waals surface area contributed by atoms with E-state index in [9.17, 15) is 14.7 Å². The summed E-state index contributed by atoms with van der Waals surface area (Å²) in [6.45, 7) is 1.19. The first kappa shape index (κ1) is 17.0. The van der Waals surface area contributed by atoms with Gasteiger partial charge in [0, 0.05) is 33.7 Å². The van der Waals surface area contributed by atoms with Crippen molar-refractivity contribution in [1.29, 1.82) is 0 Å². The molecule has 0 radical (unpaired) electrons. The minimum Gasteiger partial charge on any atom is -0.508 e. The zero-order valence-corrected chi connectivity index (χ0v) is 15.3. The van der Waals surface area contributed by atoms with Gasteiger partial charge in [0.1, 0.15) is 5.75 Å². The first-order valence-electron chi connectivity index (χ1n) is 7.92. The molecule has 0 saturated carbocycles. The van der Waals surface area contributed by atoms with E-state index in [1.165, 1.54) is 12.1 Å². The first-order chi connectivity index (χ1) is 11.5. The molecule has 2 aromatic rings. The summed E-state index contributed by atoms with van der Waals surface area (Å²) in [5.41, 5.74) is 1.31. The number of nitrogens with zero attached hydrogens (tertiary/aromatic N) is 1. The molecule has 0 atom stereocenters. The maximum atomic E-state index is 12.5. The van der Waals surface area contributed by atoms with Crippen molar-refractivity contribution in [3.8, 4) is 5.75 Å². The van der Waals surface area contributed by atoms with Gasteiger partial charge < -0.3 is 10.0 Å². The third kappa shape index (κ3) is 3.77. The minimum atomic E-state index is -0.0599. The normalized spacial score (nSPS) is 15.3. The number of rotatable bonds is 3. The molecule has 1 fully saturated rings. The molecule has 0 aromatic heterocycles. The summed E-state index contributed by atoms with van der Waals surface area (Å²) in [4.78, 5) is 26.8. The summed E-state index contributed by atoms with van der Waals surface area (Å²) in [5.74, 6) is 0.220. The number of phenolic OH excluding ortho intramolecular Hbond substituents is 1. The van der Waals surface area contributed by atoms with Crippen LogP contribution in [0.15, 0.2) is 48.5 Å². The number of piperidine rings is 1. The topological polar surface area (TPSA) is 57.6 Å². The number of likely N-dealkylation sites (tertiary alicyclic amines) is 1. The molecule has 1 saturated heterocycles. The Bertz CT molecular complexity index is 667. The predicted octanol–water partition coefficient (Wildman–Crippen LogP) is 3.73. The highest BCUT2D eigenvalue weighted by molar-refractivity contribution is 14.1. The van der Waals surface area contributed by atoms with Crippen LogP contribution in [-0.2, 0) is 0 Å². The summed E-state index contributed by atoms with van der Waals surface area (Å²) in [6, 6.07) is 13.9. The number of benzene rings is 2. The smallest absolute Gasteiger partial charge is 0.253 e. The maximum Gasteiger partial charge on any atom is 0.253 e. The lowest BCUT2D eigenvalue weighted by molar-refractivity contribution is 0.0650. The average molecular weight is 435 g/mol. The van der Waals surface area contributed by atoms with Gasteiger partial charge in [-0.1, -0.05) is 0 Å². The molecule has 1 N–H and O–H groups in total. The molecule has 0 aliphatic carbocycles. The van der Waals surface area contributed by atoms with E-state index in [-0.39, 0.29) is 23.4 Å². The van der Waals surface area contributed by atoms with Gasteiger partial charge in [0.15, 0.2) is 5.78 Å². The van der Waals surface area contributed by atoms with Crippen molar-refractivity contribution in [2.24, 2.45) is 5.92 Å². The van der Waals surface area contributed by atoms with Gasteiger partial charge in [-0.25, -0.2) is 0 Å². The number of Topliss-reactive ketones (excluding diaryl/α,β-unsaturated/α-hetero) is 1. The molecule has 5 heteroatoms. The van der Waals surface area contributed by atoms with Gasteiger partial charge in [-0.15, -0.1) is 0 Å². The summed E-state index contributed by atoms with van der Waals surface area (Å²) in [7, 11) is 0. The second kappa shape index (κ2) is 7.34. The Kier molecular flexibility index (Phi) is 5.18. The third-order valence-electron chi connectivity index (χ3n) is 4.40. The Morgan fingerprint density at radius 1 is 0.917 bits per heavy atom. The van der Waals surface area contributed by atoms with E-state index in [1.807, 2.05) is 29.2 Å². The maximum absolute atomic E-state index is 12.5. The SMILES string of the molecule is O=C(c1ccc(O)cc1)C1CCN(C(=O)c2ccc(I)cc2)CC1. The zero-order valence-electron chi connectivity index (χ0n) is 13.1. The number of amides is 1. The standard InChI is InChI=1S/C19H18INO3/c20-16-5-1-15(2-6-16)19(24)21-11-9-14(10-12-21)18(23)13-3-7-17(22)8-4-13/h1-8,14,22H,9-12H2. The third-order valence-corrected chi connectivity index (χ3v) is 5.12. The molecular formula is C19H18INO3. The molecule has 1 amide bonds. The van der Waals surface area contributed by atoms with Crippen LogP contribution in [0.3, 0.4) is 0 Å². The van der Waals surface area contributed by atoms with E-state index in [0.717, 1.165) is 3.57 Å². The fourth-order valence-electron chi connectivity index (χ4n) is 2.98. The Morgan fingerprint density at radius 3 is 2.04 bits per heavy atom. The van der Waals surface area contributed by atoms with E-state index < -0.39 is 0 Å². The van der Waals surface area contributed by atoms with Crippen LogP contribution in [0.1, 0.15) is 33.6 Å². The number of aromatic hydroxyl groups is 1. The summed E-state index contributed by atoms with van der Waals surface area (Å²) >= 11 is 2.21. The van der Waals surface area contributed by atoms with Crippen molar-refractivity contribution >= 4 is 34.3 Å². The van der Waals surface area contributed by atoms with Crippen LogP contribution in [0.4, 0.5) is 0 Å². The highest BCUT2D eigenvalue weighted by Crippen LogP contribution is 2.24. The lowest BCUT2D eigenvalue weighted by Crippen LogP contribution is -2.40. The molecule has 0 bridgehead atoms. The van der Waals surface area contributed by atoms with Crippen LogP contribution in [0.5, 0.6) is 5.75 Å². The highest BCUT2D eigenvalue weighted by atomic mass is 127. The predicted molar refractivity (Wildman–Crippen MR) is 100 cm³/mol. The Labute approximate surface area is 154 Å². The molecular weight excluding hydrogens is 417 g/mol. The second-order valence-corrected chi connectivity index (χ2v) is 7.23. The van der Waals surface area contributed by atoms with Crippen LogP contribution in [0, 0.1) is 9.49 Å². The molecule has 124 valence electrons. The van der Waals surface area contributed by atoms with E-state index in [1.54, 1.807) is 12.1 Å². The monoisotopic (exact) mass is 435 g/mol. The molecule has 3 rings (SSSR count). The van der Waals surface area contributed by atoms with Crippen molar-refractivity contribution in [2.75, 3.05) is 13.1 Å². The number of hydrogen-bond acceptors (Lipinski definition) is 3. The molecule has 4 nitrogen and oxygen atoms in total. The summed E-state index contributed by atoms with van der Waals surface area (Å²) in [6.07, 6.45) is 1.35. The van der Waals surface area contributed by atoms with Crippen molar-refractivity contribution in [2.45, 2.75) is 12.8 Å². The lowest BCUT2D eigenvalue weighted by atomic mass is 9.88. The quantitative estimate of drug-likeness (QED) is 0.591. The van der Waals surface area contributed by atoms with Crippen molar-refractivity contribution in [1.82, 2.24) is 4.90 Å². The Hall–Kier alpha value is -1.89. The summed E-state index contributed by atoms with van der Waals surface area (Å²) in [5, 5.41) is 9.31. The van der Waals surface area contributed by atoms with Crippen LogP contribution in [0.2, 0.25) is 0 Å². The number of ketones is 1. The Morgan fingerprint density at radius 2 is 1.46 bits per heavy atom. The second-order valence-electron chi connectivity index (χ2n) is 5.98. The molecule has 1 heterocycles. The molecule has 1 aliphatic rings. The fraction of sp³-hybridized carbons (Fsp3) is 0.263. The van der Waals surface area contributed by atoms with E-state index >= 15 is 0 Å². The molecule has 2 aromatic carbocycles. The van der Waals surface area contributed by atoms with Crippen LogP contribution in [-0.4, -0.2) is 34.8 Å². The lowest BCUT2D eigenvalue weighted by Gasteiger charge is -2.31. The highest BCUT2D eigenvalue weighted by Gasteiger charge is 2.28. The van der Waals surface area contributed by atoms with Gasteiger partial charge in [-0.3, -0.25) is 9.59 Å². The molecule has 0 unspecified atom stereocenters. The van der Waals surface area contributed by atoms with E-state index in [0.29, 0.717) is 37.1 Å². The number of carbonyl (C=O) groups is 2. The van der Waals surface area contributed by atoms with Gasteiger partial charge in [-0.05, 0) is 84.0 Å². The largest absolute Gasteiger partial charge is 0.508 e. The van der Waals surface area contributed by atoms with Crippen LogP contribution in [0.25, 0.3) is 0 Å². The van der Waals surface area contributed by atoms with Crippen molar-refractivity contribution < 1.29 is 14.7 Å². The number of hydrogen-bond donors (Lipinski definition) is 1. The Balaban J connectivity index is 1.61. The van der Waals surface area contributed by atoms with Crippen molar-refractivity contribution in [3.63, 3.8) is 0 Å². The number of carbonyl (C=O) groups excluding carboxylic acids is 2. The van der Waals surface area contributed by atoms with Gasteiger partial charge in [0.25, 0.3) is 5.91 Å². The first-order valence-corrected chi connectivity index (χ1v) is 9.00. The molecule has 0 spiro atoms. The van der Waals surface area contributed by atoms with Crippen molar-refractivity contribution in [3.05, 3.63) is 63.2 Å². The fourth-order valence-corrected chi connectivity index (χ4v) is 3.34. The van der Waals surface area contributed by atoms with Gasteiger partial charge in [-0.2, -0.15) is 0 Å². The summed E-state index contributed by atoms with van der Waals surface area (Å²) < 4.78 is 1.10. The van der Waals surface area contributed by atoms with Gasteiger partial charge in [0.2, 0.25) is 0 Å². The average Bonchev–Trinajstić information content (AvgIpc) is 2.62. The molecule has 1 aliphatic heterocycles. The van der Waals surface area contributed by atoms with Gasteiger partial charge >= 0.3 is 0 Å². The van der Waals surface area contributed by atoms with Crippen LogP contribution >= 0.6 is 22.6 Å². The zero-order chi connectivity index (χ0) is 17.1. The minimum absolute atomic E-state index is 0.0296. The van der Waals surface area contributed by atoms with Crippen LogP contribution < -0.4 is 0 Å². The molecule has 24 heavy (non-hydrogen) atoms. The number of phenols is 1. The van der Waals surface area contributed by atoms with Gasteiger partial charge in [0.05, 0.1) is 0 Å². The van der Waals surface area contributed by atoms with E-state index in [2.05, 4.69) is 22.6 Å². The van der Waals surface area contributed by atoms with E-state index in [4.69, 9.17) is 0 Å². The number of halogens is 1.